The first-order valence-corrected chi connectivity index (χ1v) is 15.3. The van der Waals surface area contributed by atoms with Crippen LogP contribution in [0.3, 0.4) is 0 Å². The molecule has 6 aromatic carbocycles. The SMILES string of the molecule is Cc1ccc(-c2ccc(-c3nc(-c4ccc(-c5ccc(C)cc5)cc4)nc(-c4cccc(-c5ccc(C)cc5)c4)n3)cc2)cc1. The van der Waals surface area contributed by atoms with Gasteiger partial charge in [-0.1, -0.05) is 156 Å². The van der Waals surface area contributed by atoms with Crippen LogP contribution in [0.5, 0.6) is 0 Å². The minimum absolute atomic E-state index is 0.647. The van der Waals surface area contributed by atoms with Crippen LogP contribution in [-0.2, 0) is 0 Å². The van der Waals surface area contributed by atoms with Crippen LogP contribution in [0, 0.1) is 20.8 Å². The molecule has 0 fully saturated rings. The van der Waals surface area contributed by atoms with Crippen molar-refractivity contribution >= 4 is 0 Å². The fraction of sp³-hybridized carbons (Fsp3) is 0.0714. The monoisotopic (exact) mass is 579 g/mol. The number of hydrogen-bond acceptors (Lipinski definition) is 3. The second kappa shape index (κ2) is 12.1. The van der Waals surface area contributed by atoms with Gasteiger partial charge in [-0.3, -0.25) is 0 Å². The van der Waals surface area contributed by atoms with E-state index in [9.17, 15) is 0 Å². The molecule has 3 heteroatoms. The van der Waals surface area contributed by atoms with E-state index in [-0.39, 0.29) is 0 Å². The van der Waals surface area contributed by atoms with E-state index in [1.54, 1.807) is 0 Å². The van der Waals surface area contributed by atoms with Crippen molar-refractivity contribution in [3.63, 3.8) is 0 Å². The van der Waals surface area contributed by atoms with Crippen molar-refractivity contribution in [3.8, 4) is 67.5 Å². The molecular formula is C42H33N3. The number of rotatable bonds is 6. The molecular weight excluding hydrogens is 546 g/mol. The molecule has 0 radical (unpaired) electrons. The molecule has 0 spiro atoms. The van der Waals surface area contributed by atoms with Gasteiger partial charge in [0.1, 0.15) is 0 Å². The van der Waals surface area contributed by atoms with E-state index in [0.29, 0.717) is 17.5 Å². The third kappa shape index (κ3) is 6.20. The highest BCUT2D eigenvalue weighted by Crippen LogP contribution is 2.30. The van der Waals surface area contributed by atoms with Crippen molar-refractivity contribution < 1.29 is 0 Å². The maximum absolute atomic E-state index is 5.01. The van der Waals surface area contributed by atoms with E-state index in [4.69, 9.17) is 15.0 Å². The molecule has 0 saturated heterocycles. The maximum Gasteiger partial charge on any atom is 0.164 e. The first-order chi connectivity index (χ1) is 22.0. The van der Waals surface area contributed by atoms with E-state index in [0.717, 1.165) is 38.9 Å². The Morgan fingerprint density at radius 3 is 0.911 bits per heavy atom. The minimum atomic E-state index is 0.647. The van der Waals surface area contributed by atoms with Crippen molar-refractivity contribution in [1.29, 1.82) is 0 Å². The van der Waals surface area contributed by atoms with Gasteiger partial charge in [-0.15, -0.1) is 0 Å². The summed E-state index contributed by atoms with van der Waals surface area (Å²) >= 11 is 0. The van der Waals surface area contributed by atoms with Crippen molar-refractivity contribution in [3.05, 3.63) is 162 Å². The second-order valence-corrected chi connectivity index (χ2v) is 11.6. The highest BCUT2D eigenvalue weighted by molar-refractivity contribution is 5.74. The zero-order valence-electron chi connectivity index (χ0n) is 25.7. The van der Waals surface area contributed by atoms with Crippen molar-refractivity contribution in [2.24, 2.45) is 0 Å². The molecule has 1 aromatic heterocycles. The zero-order valence-corrected chi connectivity index (χ0v) is 25.7. The molecule has 3 nitrogen and oxygen atoms in total. The predicted molar refractivity (Wildman–Crippen MR) is 187 cm³/mol. The zero-order chi connectivity index (χ0) is 30.8. The lowest BCUT2D eigenvalue weighted by Gasteiger charge is -2.11. The van der Waals surface area contributed by atoms with Gasteiger partial charge in [0.25, 0.3) is 0 Å². The van der Waals surface area contributed by atoms with E-state index in [2.05, 4.69) is 166 Å². The van der Waals surface area contributed by atoms with Crippen molar-refractivity contribution in [2.45, 2.75) is 20.8 Å². The Balaban J connectivity index is 1.30. The molecule has 1 heterocycles. The first kappa shape index (κ1) is 28.1. The number of hydrogen-bond donors (Lipinski definition) is 0. The van der Waals surface area contributed by atoms with Crippen molar-refractivity contribution in [1.82, 2.24) is 15.0 Å². The molecule has 0 amide bonds. The summed E-state index contributed by atoms with van der Waals surface area (Å²) in [5.41, 5.74) is 13.6. The lowest BCUT2D eigenvalue weighted by atomic mass is 10.0. The van der Waals surface area contributed by atoms with Crippen LogP contribution >= 0.6 is 0 Å². The van der Waals surface area contributed by atoms with Crippen LogP contribution in [-0.4, -0.2) is 15.0 Å². The molecule has 0 aliphatic carbocycles. The largest absolute Gasteiger partial charge is 0.208 e. The number of aryl methyl sites for hydroxylation is 3. The third-order valence-electron chi connectivity index (χ3n) is 8.20. The summed E-state index contributed by atoms with van der Waals surface area (Å²) in [6.45, 7) is 6.32. The van der Waals surface area contributed by atoms with E-state index >= 15 is 0 Å². The molecule has 216 valence electrons. The number of aromatic nitrogens is 3. The molecule has 7 aromatic rings. The average molecular weight is 580 g/mol. The summed E-state index contributed by atoms with van der Waals surface area (Å²) in [6.07, 6.45) is 0. The normalized spacial score (nSPS) is 11.0. The van der Waals surface area contributed by atoms with Crippen LogP contribution in [0.2, 0.25) is 0 Å². The summed E-state index contributed by atoms with van der Waals surface area (Å²) < 4.78 is 0. The van der Waals surface area contributed by atoms with Gasteiger partial charge in [0.2, 0.25) is 0 Å². The van der Waals surface area contributed by atoms with Crippen LogP contribution in [0.1, 0.15) is 16.7 Å². The van der Waals surface area contributed by atoms with Crippen LogP contribution in [0.4, 0.5) is 0 Å². The van der Waals surface area contributed by atoms with Gasteiger partial charge in [-0.2, -0.15) is 0 Å². The van der Waals surface area contributed by atoms with Gasteiger partial charge in [0.05, 0.1) is 0 Å². The summed E-state index contributed by atoms with van der Waals surface area (Å²) in [5.74, 6) is 1.94. The topological polar surface area (TPSA) is 38.7 Å². The Bertz CT molecular complexity index is 1970. The molecule has 7 rings (SSSR count). The fourth-order valence-corrected chi connectivity index (χ4v) is 5.46. The van der Waals surface area contributed by atoms with Gasteiger partial charge in [-0.05, 0) is 60.2 Å². The Morgan fingerprint density at radius 1 is 0.267 bits per heavy atom. The Kier molecular flexibility index (Phi) is 7.59. The fourth-order valence-electron chi connectivity index (χ4n) is 5.46. The van der Waals surface area contributed by atoms with Gasteiger partial charge < -0.3 is 0 Å². The van der Waals surface area contributed by atoms with Gasteiger partial charge in [0, 0.05) is 16.7 Å². The molecule has 45 heavy (non-hydrogen) atoms. The van der Waals surface area contributed by atoms with Gasteiger partial charge in [-0.25, -0.2) is 15.0 Å². The summed E-state index contributed by atoms with van der Waals surface area (Å²) in [5, 5.41) is 0. The summed E-state index contributed by atoms with van der Waals surface area (Å²) in [4.78, 5) is 15.0. The van der Waals surface area contributed by atoms with Gasteiger partial charge in [0.15, 0.2) is 17.5 Å². The highest BCUT2D eigenvalue weighted by Gasteiger charge is 2.14. The maximum atomic E-state index is 5.01. The Morgan fingerprint density at radius 2 is 0.533 bits per heavy atom. The van der Waals surface area contributed by atoms with Crippen LogP contribution in [0.25, 0.3) is 67.5 Å². The van der Waals surface area contributed by atoms with Crippen molar-refractivity contribution in [2.75, 3.05) is 0 Å². The molecule has 0 aliphatic heterocycles. The first-order valence-electron chi connectivity index (χ1n) is 15.3. The lowest BCUT2D eigenvalue weighted by Crippen LogP contribution is -2.00. The number of nitrogens with zero attached hydrogens (tertiary/aromatic N) is 3. The Hall–Kier alpha value is -5.67. The number of benzene rings is 6. The average Bonchev–Trinajstić information content (AvgIpc) is 3.09. The molecule has 0 N–H and O–H groups in total. The molecule has 0 saturated carbocycles. The van der Waals surface area contributed by atoms with Crippen LogP contribution in [0.15, 0.2) is 146 Å². The van der Waals surface area contributed by atoms with E-state index < -0.39 is 0 Å². The second-order valence-electron chi connectivity index (χ2n) is 11.6. The van der Waals surface area contributed by atoms with E-state index in [1.165, 1.54) is 27.8 Å². The lowest BCUT2D eigenvalue weighted by molar-refractivity contribution is 1.07. The standard InChI is InChI=1S/C42H33N3/c1-28-7-13-31(14-8-28)33-19-23-36(24-20-33)40-43-41(37-25-21-34(22-26-37)32-15-9-29(2)10-16-32)45-42(44-40)39-6-4-5-38(27-39)35-17-11-30(3)12-18-35/h4-27H,1-3H3. The Labute approximate surface area is 265 Å². The molecule has 0 unspecified atom stereocenters. The minimum Gasteiger partial charge on any atom is -0.208 e. The smallest absolute Gasteiger partial charge is 0.164 e. The molecule has 0 aliphatic rings. The van der Waals surface area contributed by atoms with E-state index in [1.807, 2.05) is 0 Å². The third-order valence-corrected chi connectivity index (χ3v) is 8.20. The quantitative estimate of drug-likeness (QED) is 0.197. The van der Waals surface area contributed by atoms with Gasteiger partial charge >= 0.3 is 0 Å². The highest BCUT2D eigenvalue weighted by atomic mass is 15.0. The van der Waals surface area contributed by atoms with Crippen LogP contribution < -0.4 is 0 Å². The molecule has 0 bridgehead atoms. The summed E-state index contributed by atoms with van der Waals surface area (Å²) in [6, 6.07) is 51.2. The molecule has 0 atom stereocenters. The predicted octanol–water partition coefficient (Wildman–Crippen LogP) is 10.8. The summed E-state index contributed by atoms with van der Waals surface area (Å²) in [7, 11) is 0.